The molecule has 2 aromatic carbocycles. The van der Waals surface area contributed by atoms with Crippen LogP contribution < -0.4 is 10.1 Å². The number of aryl methyl sites for hydroxylation is 1. The van der Waals surface area contributed by atoms with E-state index in [0.29, 0.717) is 18.3 Å². The number of nitrogens with one attached hydrogen (secondary N) is 1. The largest absolute Gasteiger partial charge is 0.454 e. The zero-order valence-corrected chi connectivity index (χ0v) is 14.0. The minimum atomic E-state index is -0.374. The third kappa shape index (κ3) is 4.55. The van der Waals surface area contributed by atoms with Gasteiger partial charge in [0.25, 0.3) is 0 Å². The predicted octanol–water partition coefficient (Wildman–Crippen LogP) is 5.19. The van der Waals surface area contributed by atoms with Gasteiger partial charge in [-0.05, 0) is 31.2 Å². The van der Waals surface area contributed by atoms with E-state index in [4.69, 9.17) is 4.74 Å². The van der Waals surface area contributed by atoms with E-state index >= 15 is 0 Å². The molecule has 0 bridgehead atoms. The molecule has 0 radical (unpaired) electrons. The first kappa shape index (κ1) is 16.0. The summed E-state index contributed by atoms with van der Waals surface area (Å²) in [5.74, 6) is 0.520. The average molecular weight is 352 g/mol. The second-order valence-electron chi connectivity index (χ2n) is 5.32. The van der Waals surface area contributed by atoms with Gasteiger partial charge in [0.15, 0.2) is 11.6 Å². The Balaban J connectivity index is 2.28. The van der Waals surface area contributed by atoms with E-state index in [-0.39, 0.29) is 11.6 Å². The third-order valence-corrected chi connectivity index (χ3v) is 3.52. The average Bonchev–Trinajstić information content (AvgIpc) is 2.43. The number of hydrogen-bond donors (Lipinski definition) is 1. The highest BCUT2D eigenvalue weighted by Gasteiger charge is 2.10. The minimum absolute atomic E-state index is 0.221. The fourth-order valence-electron chi connectivity index (χ4n) is 1.93. The zero-order valence-electron chi connectivity index (χ0n) is 12.4. The molecule has 4 heteroatoms. The van der Waals surface area contributed by atoms with Gasteiger partial charge in [-0.1, -0.05) is 47.5 Å². The summed E-state index contributed by atoms with van der Waals surface area (Å²) in [6, 6.07) is 11.0. The van der Waals surface area contributed by atoms with Gasteiger partial charge in [0.1, 0.15) is 5.75 Å². The lowest BCUT2D eigenvalue weighted by atomic mass is 10.1. The summed E-state index contributed by atoms with van der Waals surface area (Å²) in [5.41, 5.74) is 2.17. The topological polar surface area (TPSA) is 21.3 Å². The molecule has 0 saturated heterocycles. The molecule has 2 rings (SSSR count). The van der Waals surface area contributed by atoms with Crippen LogP contribution in [-0.4, -0.2) is 6.04 Å². The monoisotopic (exact) mass is 351 g/mol. The molecule has 2 nitrogen and oxygen atoms in total. The molecule has 0 aliphatic carbocycles. The van der Waals surface area contributed by atoms with Crippen molar-refractivity contribution in [2.75, 3.05) is 0 Å². The van der Waals surface area contributed by atoms with E-state index in [9.17, 15) is 4.39 Å². The van der Waals surface area contributed by atoms with Gasteiger partial charge in [-0.3, -0.25) is 0 Å². The van der Waals surface area contributed by atoms with Crippen LogP contribution in [0.1, 0.15) is 25.0 Å². The van der Waals surface area contributed by atoms with Crippen LogP contribution in [0.4, 0.5) is 4.39 Å². The van der Waals surface area contributed by atoms with E-state index in [1.165, 1.54) is 6.07 Å². The maximum absolute atomic E-state index is 13.8. The maximum Gasteiger partial charge on any atom is 0.165 e. The molecule has 0 saturated carbocycles. The summed E-state index contributed by atoms with van der Waals surface area (Å²) in [7, 11) is 0. The molecular formula is C17H19BrFNO. The highest BCUT2D eigenvalue weighted by atomic mass is 79.9. The van der Waals surface area contributed by atoms with Crippen molar-refractivity contribution in [3.8, 4) is 11.5 Å². The molecule has 2 aromatic rings. The molecule has 21 heavy (non-hydrogen) atoms. The third-order valence-electron chi connectivity index (χ3n) is 3.03. The quantitative estimate of drug-likeness (QED) is 0.800. The Kier molecular flexibility index (Phi) is 5.37. The highest BCUT2D eigenvalue weighted by Crippen LogP contribution is 2.30. The molecule has 0 fully saturated rings. The van der Waals surface area contributed by atoms with Gasteiger partial charge in [0.2, 0.25) is 0 Å². The van der Waals surface area contributed by atoms with Crippen LogP contribution in [-0.2, 0) is 6.54 Å². The first-order chi connectivity index (χ1) is 9.95. The van der Waals surface area contributed by atoms with E-state index in [0.717, 1.165) is 15.6 Å². The van der Waals surface area contributed by atoms with Gasteiger partial charge in [0.05, 0.1) is 0 Å². The number of benzene rings is 2. The molecule has 0 amide bonds. The standard InChI is InChI=1S/C17H19BrFNO/c1-11(2)20-10-13-8-12(3)4-7-16(13)21-17-9-14(18)5-6-15(17)19/h4-9,11,20H,10H2,1-3H3. The predicted molar refractivity (Wildman–Crippen MR) is 87.3 cm³/mol. The molecule has 112 valence electrons. The van der Waals surface area contributed by atoms with E-state index in [1.807, 2.05) is 19.1 Å². The lowest BCUT2D eigenvalue weighted by Gasteiger charge is -2.15. The van der Waals surface area contributed by atoms with Gasteiger partial charge in [-0.15, -0.1) is 0 Å². The Labute approximate surface area is 133 Å². The first-order valence-electron chi connectivity index (χ1n) is 6.91. The van der Waals surface area contributed by atoms with Crippen LogP contribution >= 0.6 is 15.9 Å². The van der Waals surface area contributed by atoms with Crippen molar-refractivity contribution in [2.24, 2.45) is 0 Å². The smallest absolute Gasteiger partial charge is 0.165 e. The Morgan fingerprint density at radius 1 is 1.14 bits per heavy atom. The second kappa shape index (κ2) is 7.05. The van der Waals surface area contributed by atoms with E-state index in [2.05, 4.69) is 41.2 Å². The summed E-state index contributed by atoms with van der Waals surface area (Å²) in [4.78, 5) is 0. The molecule has 0 atom stereocenters. The first-order valence-corrected chi connectivity index (χ1v) is 7.71. The zero-order chi connectivity index (χ0) is 15.4. The molecule has 0 aromatic heterocycles. The van der Waals surface area contributed by atoms with Gasteiger partial charge in [-0.2, -0.15) is 0 Å². The Morgan fingerprint density at radius 3 is 2.62 bits per heavy atom. The number of halogens is 2. The molecule has 0 aliphatic heterocycles. The van der Waals surface area contributed by atoms with Crippen LogP contribution in [0, 0.1) is 12.7 Å². The lowest BCUT2D eigenvalue weighted by Crippen LogP contribution is -2.22. The number of ether oxygens (including phenoxy) is 1. The normalized spacial score (nSPS) is 11.0. The molecule has 1 N–H and O–H groups in total. The summed E-state index contributed by atoms with van der Waals surface area (Å²) in [6.45, 7) is 6.89. The highest BCUT2D eigenvalue weighted by molar-refractivity contribution is 9.10. The van der Waals surface area contributed by atoms with Crippen molar-refractivity contribution < 1.29 is 9.13 Å². The van der Waals surface area contributed by atoms with Gasteiger partial charge >= 0.3 is 0 Å². The van der Waals surface area contributed by atoms with Crippen molar-refractivity contribution in [1.29, 1.82) is 0 Å². The maximum atomic E-state index is 13.8. The molecule has 0 heterocycles. The molecule has 0 unspecified atom stereocenters. The summed E-state index contributed by atoms with van der Waals surface area (Å²) in [5, 5.41) is 3.36. The fourth-order valence-corrected chi connectivity index (χ4v) is 2.27. The SMILES string of the molecule is Cc1ccc(Oc2cc(Br)ccc2F)c(CNC(C)C)c1. The minimum Gasteiger partial charge on any atom is -0.454 e. The lowest BCUT2D eigenvalue weighted by molar-refractivity contribution is 0.433. The Bertz CT molecular complexity index is 628. The van der Waals surface area contributed by atoms with Crippen LogP contribution in [0.15, 0.2) is 40.9 Å². The molecule has 0 aliphatic rings. The fraction of sp³-hybridized carbons (Fsp3) is 0.294. The molecule has 0 spiro atoms. The Morgan fingerprint density at radius 2 is 1.90 bits per heavy atom. The van der Waals surface area contributed by atoms with E-state index in [1.54, 1.807) is 12.1 Å². The van der Waals surface area contributed by atoms with Gasteiger partial charge < -0.3 is 10.1 Å². The number of hydrogen-bond acceptors (Lipinski definition) is 2. The van der Waals surface area contributed by atoms with Crippen molar-refractivity contribution in [1.82, 2.24) is 5.32 Å². The van der Waals surface area contributed by atoms with Gasteiger partial charge in [-0.25, -0.2) is 4.39 Å². The van der Waals surface area contributed by atoms with Crippen LogP contribution in [0.3, 0.4) is 0 Å². The molecular weight excluding hydrogens is 333 g/mol. The van der Waals surface area contributed by atoms with Crippen LogP contribution in [0.5, 0.6) is 11.5 Å². The Hall–Kier alpha value is -1.39. The summed E-state index contributed by atoms with van der Waals surface area (Å²) in [6.07, 6.45) is 0. The summed E-state index contributed by atoms with van der Waals surface area (Å²) >= 11 is 3.33. The van der Waals surface area contributed by atoms with Crippen molar-refractivity contribution >= 4 is 15.9 Å². The van der Waals surface area contributed by atoms with E-state index < -0.39 is 0 Å². The van der Waals surface area contributed by atoms with Crippen molar-refractivity contribution in [2.45, 2.75) is 33.4 Å². The number of rotatable bonds is 5. The van der Waals surface area contributed by atoms with Crippen LogP contribution in [0.25, 0.3) is 0 Å². The van der Waals surface area contributed by atoms with Gasteiger partial charge in [0, 0.05) is 22.6 Å². The summed E-state index contributed by atoms with van der Waals surface area (Å²) < 4.78 is 20.4. The van der Waals surface area contributed by atoms with Crippen molar-refractivity contribution in [3.05, 3.63) is 57.8 Å². The van der Waals surface area contributed by atoms with Crippen LogP contribution in [0.2, 0.25) is 0 Å². The van der Waals surface area contributed by atoms with Crippen molar-refractivity contribution in [3.63, 3.8) is 0 Å². The second-order valence-corrected chi connectivity index (χ2v) is 6.24.